The lowest BCUT2D eigenvalue weighted by atomic mass is 10.1. The normalized spacial score (nSPS) is 10.4. The number of nitrogens with zero attached hydrogens (tertiary/aromatic N) is 1. The average molecular weight is 372 g/mol. The highest BCUT2D eigenvalue weighted by Crippen LogP contribution is 2.36. The van der Waals surface area contributed by atoms with Gasteiger partial charge in [0.05, 0.1) is 24.1 Å². The van der Waals surface area contributed by atoms with Crippen molar-refractivity contribution in [2.24, 2.45) is 0 Å². The predicted octanol–water partition coefficient (Wildman–Crippen LogP) is 4.74. The zero-order valence-corrected chi connectivity index (χ0v) is 15.1. The molecule has 3 aromatic rings. The van der Waals surface area contributed by atoms with Gasteiger partial charge in [0.1, 0.15) is 10.8 Å². The van der Waals surface area contributed by atoms with Crippen molar-refractivity contribution >= 4 is 29.2 Å². The Balaban J connectivity index is 1.81. The molecule has 0 atom stereocenters. The Labute approximate surface area is 153 Å². The van der Waals surface area contributed by atoms with Gasteiger partial charge in [0.2, 0.25) is 0 Å². The molecule has 2 N–H and O–H groups in total. The minimum absolute atomic E-state index is 0.216. The molecule has 0 unspecified atom stereocenters. The molecule has 0 fully saturated rings. The van der Waals surface area contributed by atoms with Crippen molar-refractivity contribution in [3.05, 3.63) is 59.7 Å². The van der Waals surface area contributed by atoms with Crippen molar-refractivity contribution in [3.63, 3.8) is 0 Å². The SMILES string of the molecule is COc1cc(Sc2cnc(CNC(=O)O)s2)cc(-c2ccccc2)c1. The van der Waals surface area contributed by atoms with Crippen LogP contribution in [0.5, 0.6) is 5.75 Å². The Hall–Kier alpha value is -2.51. The molecule has 0 bridgehead atoms. The molecule has 0 saturated carbocycles. The summed E-state index contributed by atoms with van der Waals surface area (Å²) in [6, 6.07) is 16.2. The number of hydrogen-bond acceptors (Lipinski definition) is 5. The minimum atomic E-state index is -1.05. The quantitative estimate of drug-likeness (QED) is 0.654. The largest absolute Gasteiger partial charge is 0.497 e. The molecule has 1 aromatic heterocycles. The van der Waals surface area contributed by atoms with Crippen molar-refractivity contribution in [2.75, 3.05) is 7.11 Å². The fourth-order valence-electron chi connectivity index (χ4n) is 2.24. The Morgan fingerprint density at radius 1 is 1.24 bits per heavy atom. The lowest BCUT2D eigenvalue weighted by Crippen LogP contribution is -2.19. The van der Waals surface area contributed by atoms with Crippen LogP contribution in [0.2, 0.25) is 0 Å². The molecule has 0 radical (unpaired) electrons. The van der Waals surface area contributed by atoms with E-state index in [2.05, 4.69) is 28.5 Å². The molecular weight excluding hydrogens is 356 g/mol. The topological polar surface area (TPSA) is 71.5 Å². The van der Waals surface area contributed by atoms with Crippen LogP contribution in [-0.2, 0) is 6.54 Å². The van der Waals surface area contributed by atoms with E-state index in [9.17, 15) is 4.79 Å². The van der Waals surface area contributed by atoms with Crippen molar-refractivity contribution in [2.45, 2.75) is 15.6 Å². The van der Waals surface area contributed by atoms with E-state index < -0.39 is 6.09 Å². The molecule has 0 aliphatic carbocycles. The van der Waals surface area contributed by atoms with Crippen molar-refractivity contribution in [3.8, 4) is 16.9 Å². The standard InChI is InChI=1S/C18H16N2O3S2/c1-23-14-7-13(12-5-3-2-4-6-12)8-15(9-14)24-17-11-19-16(25-17)10-20-18(21)22/h2-9,11,20H,10H2,1H3,(H,21,22). The average Bonchev–Trinajstić information content (AvgIpc) is 3.07. The van der Waals surface area contributed by atoms with Gasteiger partial charge in [-0.25, -0.2) is 9.78 Å². The maximum atomic E-state index is 10.6. The van der Waals surface area contributed by atoms with E-state index in [0.717, 1.165) is 31.0 Å². The summed E-state index contributed by atoms with van der Waals surface area (Å²) < 4.78 is 6.42. The zero-order chi connectivity index (χ0) is 17.6. The first kappa shape index (κ1) is 17.3. The van der Waals surface area contributed by atoms with Gasteiger partial charge in [-0.15, -0.1) is 11.3 Å². The highest BCUT2D eigenvalue weighted by atomic mass is 32.2. The predicted molar refractivity (Wildman–Crippen MR) is 99.5 cm³/mol. The van der Waals surface area contributed by atoms with Crippen LogP contribution >= 0.6 is 23.1 Å². The third-order valence-corrected chi connectivity index (χ3v) is 5.43. The van der Waals surface area contributed by atoms with Crippen LogP contribution < -0.4 is 10.1 Å². The highest BCUT2D eigenvalue weighted by Gasteiger charge is 2.08. The van der Waals surface area contributed by atoms with Crippen LogP contribution in [0, 0.1) is 0 Å². The maximum absolute atomic E-state index is 10.6. The first-order chi connectivity index (χ1) is 12.1. The van der Waals surface area contributed by atoms with Gasteiger partial charge in [0.25, 0.3) is 0 Å². The maximum Gasteiger partial charge on any atom is 0.405 e. The van der Waals surface area contributed by atoms with Crippen LogP contribution in [0.1, 0.15) is 5.01 Å². The van der Waals surface area contributed by atoms with E-state index in [1.807, 2.05) is 30.3 Å². The number of thiazole rings is 1. The molecule has 2 aromatic carbocycles. The van der Waals surface area contributed by atoms with Crippen molar-refractivity contribution in [1.29, 1.82) is 0 Å². The summed E-state index contributed by atoms with van der Waals surface area (Å²) in [4.78, 5) is 15.8. The summed E-state index contributed by atoms with van der Waals surface area (Å²) in [7, 11) is 1.65. The minimum Gasteiger partial charge on any atom is -0.497 e. The van der Waals surface area contributed by atoms with Gasteiger partial charge < -0.3 is 15.2 Å². The second-order valence-electron chi connectivity index (χ2n) is 5.10. The summed E-state index contributed by atoms with van der Waals surface area (Å²) in [6.07, 6.45) is 0.709. The molecule has 3 rings (SSSR count). The number of methoxy groups -OCH3 is 1. The van der Waals surface area contributed by atoms with Gasteiger partial charge in [-0.05, 0) is 29.3 Å². The van der Waals surface area contributed by atoms with E-state index in [1.54, 1.807) is 25.1 Å². The molecule has 128 valence electrons. The van der Waals surface area contributed by atoms with Gasteiger partial charge >= 0.3 is 6.09 Å². The summed E-state index contributed by atoms with van der Waals surface area (Å²) in [6.45, 7) is 0.216. The Morgan fingerprint density at radius 3 is 2.76 bits per heavy atom. The van der Waals surface area contributed by atoms with E-state index in [0.29, 0.717) is 0 Å². The molecular formula is C18H16N2O3S2. The number of nitrogens with one attached hydrogen (secondary N) is 1. The van der Waals surface area contributed by atoms with Gasteiger partial charge in [-0.1, -0.05) is 42.1 Å². The fourth-order valence-corrected chi connectivity index (χ4v) is 4.27. The number of amides is 1. The number of carboxylic acid groups (broad SMARTS) is 1. The van der Waals surface area contributed by atoms with Crippen LogP contribution in [0.3, 0.4) is 0 Å². The molecule has 25 heavy (non-hydrogen) atoms. The molecule has 0 spiro atoms. The van der Waals surface area contributed by atoms with Crippen LogP contribution in [0.4, 0.5) is 4.79 Å². The number of carbonyl (C=O) groups is 1. The first-order valence-corrected chi connectivity index (χ1v) is 9.11. The van der Waals surface area contributed by atoms with Gasteiger partial charge in [0, 0.05) is 4.90 Å². The molecule has 0 aliphatic rings. The lowest BCUT2D eigenvalue weighted by Gasteiger charge is -2.08. The van der Waals surface area contributed by atoms with Gasteiger partial charge in [-0.3, -0.25) is 0 Å². The Morgan fingerprint density at radius 2 is 2.04 bits per heavy atom. The molecule has 0 saturated heterocycles. The number of rotatable bonds is 6. The van der Waals surface area contributed by atoms with Crippen molar-refractivity contribution in [1.82, 2.24) is 10.3 Å². The highest BCUT2D eigenvalue weighted by molar-refractivity contribution is 8.01. The molecule has 1 amide bonds. The van der Waals surface area contributed by atoms with Crippen LogP contribution in [0.15, 0.2) is 63.8 Å². The lowest BCUT2D eigenvalue weighted by molar-refractivity contribution is 0.194. The molecule has 7 heteroatoms. The number of benzene rings is 2. The van der Waals surface area contributed by atoms with Crippen LogP contribution in [0.25, 0.3) is 11.1 Å². The van der Waals surface area contributed by atoms with E-state index in [-0.39, 0.29) is 6.54 Å². The third-order valence-electron chi connectivity index (χ3n) is 3.36. The molecule has 0 aliphatic heterocycles. The summed E-state index contributed by atoms with van der Waals surface area (Å²) in [5, 5.41) is 11.7. The molecule has 5 nitrogen and oxygen atoms in total. The van der Waals surface area contributed by atoms with Crippen molar-refractivity contribution < 1.29 is 14.6 Å². The van der Waals surface area contributed by atoms with E-state index >= 15 is 0 Å². The molecule has 1 heterocycles. The Bertz CT molecular complexity index is 866. The smallest absolute Gasteiger partial charge is 0.405 e. The monoisotopic (exact) mass is 372 g/mol. The third kappa shape index (κ3) is 4.74. The fraction of sp³-hybridized carbons (Fsp3) is 0.111. The van der Waals surface area contributed by atoms with Gasteiger partial charge in [-0.2, -0.15) is 0 Å². The summed E-state index contributed by atoms with van der Waals surface area (Å²) >= 11 is 3.05. The number of ether oxygens (including phenoxy) is 1. The number of aromatic nitrogens is 1. The van der Waals surface area contributed by atoms with E-state index in [1.165, 1.54) is 11.3 Å². The summed E-state index contributed by atoms with van der Waals surface area (Å²) in [5.41, 5.74) is 2.21. The van der Waals surface area contributed by atoms with E-state index in [4.69, 9.17) is 9.84 Å². The summed E-state index contributed by atoms with van der Waals surface area (Å²) in [5.74, 6) is 0.793. The zero-order valence-electron chi connectivity index (χ0n) is 13.4. The van der Waals surface area contributed by atoms with Gasteiger partial charge in [0.15, 0.2) is 0 Å². The second-order valence-corrected chi connectivity index (χ2v) is 7.59. The second kappa shape index (κ2) is 8.04. The Kier molecular flexibility index (Phi) is 5.57. The first-order valence-electron chi connectivity index (χ1n) is 7.48. The number of hydrogen-bond donors (Lipinski definition) is 2. The van der Waals surface area contributed by atoms with Crippen LogP contribution in [-0.4, -0.2) is 23.3 Å².